The van der Waals surface area contributed by atoms with E-state index in [9.17, 15) is 19.5 Å². The zero-order chi connectivity index (χ0) is 18.1. The number of carboxylic acids is 1. The Morgan fingerprint density at radius 2 is 1.88 bits per heavy atom. The standard InChI is InChI=1S/C18H20N2O4S/c21-16(7-4-9-19-17(22)14-8-10-25-12-14)20-15(18(23)24)11-13-5-2-1-3-6-13/h1-3,5-6,8,10,12,15H,4,7,9,11H2,(H,19,22)(H,20,21)(H,23,24)/t15-/m0/s1. The Labute approximate surface area is 149 Å². The molecule has 1 heterocycles. The molecule has 0 saturated carbocycles. The zero-order valence-electron chi connectivity index (χ0n) is 13.6. The summed E-state index contributed by atoms with van der Waals surface area (Å²) < 4.78 is 0. The first-order chi connectivity index (χ1) is 12.1. The number of carboxylic acid groups (broad SMARTS) is 1. The van der Waals surface area contributed by atoms with Crippen LogP contribution in [-0.2, 0) is 16.0 Å². The van der Waals surface area contributed by atoms with E-state index in [1.807, 2.05) is 35.7 Å². The van der Waals surface area contributed by atoms with Crippen LogP contribution in [0.15, 0.2) is 47.2 Å². The summed E-state index contributed by atoms with van der Waals surface area (Å²) in [7, 11) is 0. The number of hydrogen-bond acceptors (Lipinski definition) is 4. The molecule has 132 valence electrons. The molecule has 0 unspecified atom stereocenters. The molecule has 2 amide bonds. The topological polar surface area (TPSA) is 95.5 Å². The largest absolute Gasteiger partial charge is 0.480 e. The fourth-order valence-electron chi connectivity index (χ4n) is 2.26. The zero-order valence-corrected chi connectivity index (χ0v) is 14.4. The average Bonchev–Trinajstić information content (AvgIpc) is 3.13. The quantitative estimate of drug-likeness (QED) is 0.597. The summed E-state index contributed by atoms with van der Waals surface area (Å²) in [6.07, 6.45) is 0.832. The van der Waals surface area contributed by atoms with Crippen molar-refractivity contribution >= 4 is 29.1 Å². The Hall–Kier alpha value is -2.67. The molecule has 0 spiro atoms. The van der Waals surface area contributed by atoms with Gasteiger partial charge in [-0.2, -0.15) is 11.3 Å². The lowest BCUT2D eigenvalue weighted by atomic mass is 10.1. The molecule has 1 atom stereocenters. The van der Waals surface area contributed by atoms with Crippen molar-refractivity contribution in [1.82, 2.24) is 10.6 Å². The highest BCUT2D eigenvalue weighted by atomic mass is 32.1. The van der Waals surface area contributed by atoms with Gasteiger partial charge in [0, 0.05) is 30.3 Å². The van der Waals surface area contributed by atoms with E-state index in [0.717, 1.165) is 5.56 Å². The molecule has 0 saturated heterocycles. The number of benzene rings is 1. The lowest BCUT2D eigenvalue weighted by Gasteiger charge is -2.14. The van der Waals surface area contributed by atoms with E-state index >= 15 is 0 Å². The van der Waals surface area contributed by atoms with Gasteiger partial charge in [0.05, 0.1) is 0 Å². The van der Waals surface area contributed by atoms with Gasteiger partial charge in [0.1, 0.15) is 6.04 Å². The molecule has 1 aromatic heterocycles. The maximum atomic E-state index is 11.9. The van der Waals surface area contributed by atoms with Crippen molar-refractivity contribution < 1.29 is 19.5 Å². The first kappa shape index (κ1) is 18.7. The Balaban J connectivity index is 1.72. The molecule has 2 aromatic rings. The van der Waals surface area contributed by atoms with Crippen LogP contribution in [0.1, 0.15) is 28.8 Å². The van der Waals surface area contributed by atoms with Crippen LogP contribution in [0.25, 0.3) is 0 Å². The van der Waals surface area contributed by atoms with Crippen LogP contribution in [0.2, 0.25) is 0 Å². The number of aliphatic carboxylic acids is 1. The lowest BCUT2D eigenvalue weighted by Crippen LogP contribution is -2.42. The summed E-state index contributed by atoms with van der Waals surface area (Å²) in [6.45, 7) is 0.360. The molecule has 2 rings (SSSR count). The minimum atomic E-state index is -1.07. The summed E-state index contributed by atoms with van der Waals surface area (Å²) in [6, 6.07) is 9.91. The van der Waals surface area contributed by atoms with Crippen LogP contribution in [0, 0.1) is 0 Å². The van der Waals surface area contributed by atoms with Crippen molar-refractivity contribution in [2.45, 2.75) is 25.3 Å². The number of thiophene rings is 1. The summed E-state index contributed by atoms with van der Waals surface area (Å²) in [5, 5.41) is 18.1. The third-order valence-corrected chi connectivity index (χ3v) is 4.25. The minimum absolute atomic E-state index is 0.155. The molecule has 1 aromatic carbocycles. The summed E-state index contributed by atoms with van der Waals surface area (Å²) in [5.41, 5.74) is 1.45. The maximum Gasteiger partial charge on any atom is 0.326 e. The molecule has 0 radical (unpaired) electrons. The van der Waals surface area contributed by atoms with Crippen LogP contribution < -0.4 is 10.6 Å². The first-order valence-electron chi connectivity index (χ1n) is 7.93. The predicted octanol–water partition coefficient (Wildman–Crippen LogP) is 2.07. The molecule has 3 N–H and O–H groups in total. The Morgan fingerprint density at radius 3 is 2.52 bits per heavy atom. The smallest absolute Gasteiger partial charge is 0.326 e. The van der Waals surface area contributed by atoms with Crippen LogP contribution in [0.4, 0.5) is 0 Å². The van der Waals surface area contributed by atoms with Gasteiger partial charge < -0.3 is 15.7 Å². The van der Waals surface area contributed by atoms with E-state index in [1.165, 1.54) is 11.3 Å². The van der Waals surface area contributed by atoms with Crippen LogP contribution in [0.5, 0.6) is 0 Å². The van der Waals surface area contributed by atoms with E-state index in [-0.39, 0.29) is 24.7 Å². The molecule has 0 bridgehead atoms. The second-order valence-electron chi connectivity index (χ2n) is 5.52. The predicted molar refractivity (Wildman–Crippen MR) is 95.6 cm³/mol. The van der Waals surface area contributed by atoms with Gasteiger partial charge in [0.15, 0.2) is 0 Å². The van der Waals surface area contributed by atoms with Crippen molar-refractivity contribution in [3.05, 3.63) is 58.3 Å². The van der Waals surface area contributed by atoms with Crippen molar-refractivity contribution in [3.63, 3.8) is 0 Å². The molecular formula is C18H20N2O4S. The number of carbonyl (C=O) groups excluding carboxylic acids is 2. The second-order valence-corrected chi connectivity index (χ2v) is 6.30. The fourth-order valence-corrected chi connectivity index (χ4v) is 2.90. The second kappa shape index (κ2) is 9.58. The molecule has 0 fully saturated rings. The minimum Gasteiger partial charge on any atom is -0.480 e. The van der Waals surface area contributed by atoms with E-state index in [2.05, 4.69) is 10.6 Å². The molecule has 0 aliphatic carbocycles. The Bertz CT molecular complexity index is 701. The van der Waals surface area contributed by atoms with Crippen molar-refractivity contribution in [1.29, 1.82) is 0 Å². The van der Waals surface area contributed by atoms with Gasteiger partial charge in [0.25, 0.3) is 5.91 Å². The summed E-state index contributed by atoms with van der Waals surface area (Å²) in [5.74, 6) is -1.58. The molecule has 0 aliphatic heterocycles. The van der Waals surface area contributed by atoms with Gasteiger partial charge in [-0.1, -0.05) is 30.3 Å². The number of carbonyl (C=O) groups is 3. The van der Waals surface area contributed by atoms with E-state index < -0.39 is 12.0 Å². The molecule has 7 heteroatoms. The van der Waals surface area contributed by atoms with E-state index in [4.69, 9.17) is 0 Å². The van der Waals surface area contributed by atoms with Gasteiger partial charge in [-0.3, -0.25) is 9.59 Å². The molecule has 25 heavy (non-hydrogen) atoms. The molecule has 0 aliphatic rings. The summed E-state index contributed by atoms with van der Waals surface area (Å²) >= 11 is 1.44. The first-order valence-corrected chi connectivity index (χ1v) is 8.87. The number of rotatable bonds is 9. The normalized spacial score (nSPS) is 11.5. The fraction of sp³-hybridized carbons (Fsp3) is 0.278. The summed E-state index contributed by atoms with van der Waals surface area (Å²) in [4.78, 5) is 35.0. The Morgan fingerprint density at radius 1 is 1.12 bits per heavy atom. The van der Waals surface area contributed by atoms with E-state index in [0.29, 0.717) is 18.5 Å². The van der Waals surface area contributed by atoms with Crippen LogP contribution in [0.3, 0.4) is 0 Å². The monoisotopic (exact) mass is 360 g/mol. The number of nitrogens with one attached hydrogen (secondary N) is 2. The van der Waals surface area contributed by atoms with Crippen LogP contribution in [-0.4, -0.2) is 35.5 Å². The average molecular weight is 360 g/mol. The molecule has 6 nitrogen and oxygen atoms in total. The van der Waals surface area contributed by atoms with Crippen molar-refractivity contribution in [3.8, 4) is 0 Å². The highest BCUT2D eigenvalue weighted by Gasteiger charge is 2.20. The molecular weight excluding hydrogens is 340 g/mol. The third kappa shape index (κ3) is 6.39. The number of hydrogen-bond donors (Lipinski definition) is 3. The Kier molecular flexibility index (Phi) is 7.16. The van der Waals surface area contributed by atoms with Gasteiger partial charge in [-0.25, -0.2) is 4.79 Å². The van der Waals surface area contributed by atoms with E-state index in [1.54, 1.807) is 11.4 Å². The SMILES string of the molecule is O=C(CCCNC(=O)c1ccsc1)N[C@@H](Cc1ccccc1)C(=O)O. The number of amides is 2. The highest BCUT2D eigenvalue weighted by molar-refractivity contribution is 7.08. The van der Waals surface area contributed by atoms with Gasteiger partial charge >= 0.3 is 5.97 Å². The highest BCUT2D eigenvalue weighted by Crippen LogP contribution is 2.06. The third-order valence-electron chi connectivity index (χ3n) is 3.57. The maximum absolute atomic E-state index is 11.9. The van der Waals surface area contributed by atoms with Gasteiger partial charge in [-0.05, 0) is 23.4 Å². The lowest BCUT2D eigenvalue weighted by molar-refractivity contribution is -0.141. The van der Waals surface area contributed by atoms with Crippen molar-refractivity contribution in [2.24, 2.45) is 0 Å². The van der Waals surface area contributed by atoms with Gasteiger partial charge in [0.2, 0.25) is 5.91 Å². The van der Waals surface area contributed by atoms with Crippen LogP contribution >= 0.6 is 11.3 Å². The van der Waals surface area contributed by atoms with Gasteiger partial charge in [-0.15, -0.1) is 0 Å². The van der Waals surface area contributed by atoms with Crippen molar-refractivity contribution in [2.75, 3.05) is 6.54 Å².